The number of carboxylic acid groups (broad SMARTS) is 1. The Morgan fingerprint density at radius 3 is 2.47 bits per heavy atom. The minimum absolute atomic E-state index is 0.0303. The van der Waals surface area contributed by atoms with Crippen LogP contribution in [0.5, 0.6) is 5.75 Å². The highest BCUT2D eigenvalue weighted by Crippen LogP contribution is 2.58. The molecule has 0 spiro atoms. The standard InChI is InChI=1S/C32H31Cl2F2N3O4/c1-31(2,3)14-25-32(15-37-4,20-10-9-18(33)13-22(20)35)26(19-6-5-7-21(34)27(19)36)28-29(41)38(16-39(25)28)23-11-8-17(30(42)43)12-24(23)40/h5-13,15,25-26,28,40H,14,16H2,1-4H3,(H,42,43)/t25-,26-,28+,32-/m0/s1. The van der Waals surface area contributed by atoms with Gasteiger partial charge in [0.1, 0.15) is 17.4 Å². The molecule has 0 unspecified atom stereocenters. The number of carbonyl (C=O) groups is 2. The van der Waals surface area contributed by atoms with E-state index in [1.54, 1.807) is 37.5 Å². The summed E-state index contributed by atoms with van der Waals surface area (Å²) in [7, 11) is 1.55. The predicted molar refractivity (Wildman–Crippen MR) is 163 cm³/mol. The van der Waals surface area contributed by atoms with Crippen LogP contribution in [0.1, 0.15) is 54.6 Å². The van der Waals surface area contributed by atoms with Gasteiger partial charge < -0.3 is 10.2 Å². The molecule has 1 amide bonds. The lowest BCUT2D eigenvalue weighted by Gasteiger charge is -2.42. The molecule has 0 radical (unpaired) electrons. The molecular formula is C32H31Cl2F2N3O4. The second-order valence-electron chi connectivity index (χ2n) is 12.2. The molecule has 0 aliphatic carbocycles. The summed E-state index contributed by atoms with van der Waals surface area (Å²) in [6, 6.07) is 11.0. The van der Waals surface area contributed by atoms with E-state index < -0.39 is 52.7 Å². The molecule has 5 rings (SSSR count). The fourth-order valence-electron chi connectivity index (χ4n) is 6.76. The Morgan fingerprint density at radius 2 is 1.86 bits per heavy atom. The van der Waals surface area contributed by atoms with E-state index in [9.17, 15) is 19.8 Å². The fourth-order valence-corrected chi connectivity index (χ4v) is 7.10. The van der Waals surface area contributed by atoms with Crippen molar-refractivity contribution in [2.24, 2.45) is 10.4 Å². The van der Waals surface area contributed by atoms with E-state index in [0.717, 1.165) is 6.07 Å². The van der Waals surface area contributed by atoms with Crippen LogP contribution in [-0.2, 0) is 10.2 Å². The van der Waals surface area contributed by atoms with Crippen LogP contribution in [0, 0.1) is 17.0 Å². The number of aliphatic imine (C=N–C) groups is 1. The van der Waals surface area contributed by atoms with Crippen LogP contribution in [0.25, 0.3) is 0 Å². The lowest BCUT2D eigenvalue weighted by Crippen LogP contribution is -2.50. The van der Waals surface area contributed by atoms with Crippen molar-refractivity contribution in [3.05, 3.63) is 93.0 Å². The minimum Gasteiger partial charge on any atom is -0.506 e. The Bertz CT molecular complexity index is 1640. The number of amides is 1. The summed E-state index contributed by atoms with van der Waals surface area (Å²) in [5, 5.41) is 20.2. The number of carbonyl (C=O) groups excluding carboxylic acids is 1. The van der Waals surface area contributed by atoms with Crippen molar-refractivity contribution in [1.82, 2.24) is 4.90 Å². The third-order valence-corrected chi connectivity index (χ3v) is 8.87. The predicted octanol–water partition coefficient (Wildman–Crippen LogP) is 6.89. The van der Waals surface area contributed by atoms with Gasteiger partial charge in [-0.3, -0.25) is 19.6 Å². The SMILES string of the molecule is CN=C[C@]1(c2ccc(Cl)cc2F)[C@H](CC(C)(C)C)N2CN(c3ccc(C(=O)O)cc3O)C(=O)[C@H]2[C@@H]1c1cccc(Cl)c1F. The molecule has 2 saturated heterocycles. The van der Waals surface area contributed by atoms with Crippen LogP contribution in [-0.4, -0.2) is 59.0 Å². The van der Waals surface area contributed by atoms with Crippen molar-refractivity contribution >= 4 is 47.0 Å². The minimum atomic E-state index is -1.34. The number of rotatable bonds is 6. The summed E-state index contributed by atoms with van der Waals surface area (Å²) in [4.78, 5) is 33.5. The van der Waals surface area contributed by atoms with Gasteiger partial charge in [0.25, 0.3) is 0 Å². The third-order valence-electron chi connectivity index (χ3n) is 8.34. The number of carboxylic acids is 1. The van der Waals surface area contributed by atoms with Gasteiger partial charge in [-0.2, -0.15) is 0 Å². The van der Waals surface area contributed by atoms with Crippen LogP contribution >= 0.6 is 23.2 Å². The van der Waals surface area contributed by atoms with Crippen LogP contribution in [0.3, 0.4) is 0 Å². The molecule has 2 heterocycles. The van der Waals surface area contributed by atoms with Crippen LogP contribution in [0.2, 0.25) is 10.0 Å². The summed E-state index contributed by atoms with van der Waals surface area (Å²) in [5.74, 6) is -4.44. The Morgan fingerprint density at radius 1 is 1.14 bits per heavy atom. The summed E-state index contributed by atoms with van der Waals surface area (Å²) >= 11 is 12.4. The molecule has 7 nitrogen and oxygen atoms in total. The van der Waals surface area contributed by atoms with Gasteiger partial charge in [0.05, 0.1) is 34.4 Å². The molecule has 0 aromatic heterocycles. The molecule has 4 atom stereocenters. The first-order valence-electron chi connectivity index (χ1n) is 13.7. The van der Waals surface area contributed by atoms with Crippen LogP contribution in [0.15, 0.2) is 59.6 Å². The highest BCUT2D eigenvalue weighted by molar-refractivity contribution is 6.31. The first-order chi connectivity index (χ1) is 20.2. The molecular weight excluding hydrogens is 599 g/mol. The molecule has 2 fully saturated rings. The summed E-state index contributed by atoms with van der Waals surface area (Å²) in [5.41, 5.74) is -1.39. The maximum absolute atomic E-state index is 16.1. The molecule has 0 saturated carbocycles. The molecule has 11 heteroatoms. The maximum atomic E-state index is 16.1. The largest absolute Gasteiger partial charge is 0.506 e. The average Bonchev–Trinajstić information content (AvgIpc) is 3.37. The normalized spacial score (nSPS) is 24.2. The zero-order valence-electron chi connectivity index (χ0n) is 24.0. The lowest BCUT2D eigenvalue weighted by molar-refractivity contribution is -0.119. The van der Waals surface area contributed by atoms with Crippen molar-refractivity contribution in [3.63, 3.8) is 0 Å². The Hall–Kier alpha value is -3.53. The summed E-state index contributed by atoms with van der Waals surface area (Å²) in [6.07, 6.45) is 2.05. The van der Waals surface area contributed by atoms with Crippen molar-refractivity contribution in [2.45, 2.75) is 50.6 Å². The van der Waals surface area contributed by atoms with Gasteiger partial charge in [-0.05, 0) is 53.8 Å². The number of nitrogens with zero attached hydrogens (tertiary/aromatic N) is 3. The Balaban J connectivity index is 1.80. The number of hydrogen-bond donors (Lipinski definition) is 2. The number of benzene rings is 3. The molecule has 2 aliphatic heterocycles. The van der Waals surface area contributed by atoms with Gasteiger partial charge in [-0.1, -0.05) is 62.2 Å². The van der Waals surface area contributed by atoms with E-state index in [1.165, 1.54) is 29.2 Å². The zero-order valence-corrected chi connectivity index (χ0v) is 25.5. The number of phenolic OH excluding ortho intramolecular Hbond substituents is 1. The van der Waals surface area contributed by atoms with E-state index in [0.29, 0.717) is 6.42 Å². The van der Waals surface area contributed by atoms with Gasteiger partial charge in [0.2, 0.25) is 5.91 Å². The van der Waals surface area contributed by atoms with E-state index in [4.69, 9.17) is 23.2 Å². The van der Waals surface area contributed by atoms with Gasteiger partial charge in [-0.25, -0.2) is 13.6 Å². The van der Waals surface area contributed by atoms with Gasteiger partial charge in [-0.15, -0.1) is 0 Å². The zero-order chi connectivity index (χ0) is 31.4. The first-order valence-corrected chi connectivity index (χ1v) is 14.4. The average molecular weight is 631 g/mol. The topological polar surface area (TPSA) is 93.4 Å². The molecule has 3 aromatic carbocycles. The number of fused-ring (bicyclic) bond motifs is 1. The van der Waals surface area contributed by atoms with Crippen LogP contribution in [0.4, 0.5) is 14.5 Å². The second-order valence-corrected chi connectivity index (χ2v) is 13.1. The number of phenols is 1. The van der Waals surface area contributed by atoms with Crippen LogP contribution < -0.4 is 4.90 Å². The maximum Gasteiger partial charge on any atom is 0.335 e. The number of halogens is 4. The molecule has 3 aromatic rings. The lowest BCUT2D eigenvalue weighted by atomic mass is 9.62. The number of aromatic carboxylic acids is 1. The quantitative estimate of drug-likeness (QED) is 0.290. The third kappa shape index (κ3) is 5.17. The fraction of sp³-hybridized carbons (Fsp3) is 0.344. The number of aromatic hydroxyl groups is 1. The van der Waals surface area contributed by atoms with Gasteiger partial charge in [0, 0.05) is 35.8 Å². The molecule has 2 aliphatic rings. The molecule has 43 heavy (non-hydrogen) atoms. The molecule has 2 N–H and O–H groups in total. The second kappa shape index (κ2) is 11.2. The Labute approximate surface area is 258 Å². The Kier molecular flexibility index (Phi) is 8.05. The first kappa shape index (κ1) is 30.9. The van der Waals surface area contributed by atoms with E-state index in [2.05, 4.69) is 4.99 Å². The molecule has 0 bridgehead atoms. The highest BCUT2D eigenvalue weighted by atomic mass is 35.5. The van der Waals surface area contributed by atoms with Crippen molar-refractivity contribution < 1.29 is 28.6 Å². The van der Waals surface area contributed by atoms with E-state index in [1.807, 2.05) is 25.7 Å². The number of anilines is 1. The monoisotopic (exact) mass is 629 g/mol. The van der Waals surface area contributed by atoms with Gasteiger partial charge in [0.15, 0.2) is 0 Å². The van der Waals surface area contributed by atoms with Crippen molar-refractivity contribution in [2.75, 3.05) is 18.6 Å². The summed E-state index contributed by atoms with van der Waals surface area (Å²) in [6.45, 7) is 6.03. The summed E-state index contributed by atoms with van der Waals surface area (Å²) < 4.78 is 32.1. The smallest absolute Gasteiger partial charge is 0.335 e. The van der Waals surface area contributed by atoms with E-state index >= 15 is 8.78 Å². The van der Waals surface area contributed by atoms with Gasteiger partial charge >= 0.3 is 5.97 Å². The molecule has 226 valence electrons. The highest BCUT2D eigenvalue weighted by Gasteiger charge is 2.66. The van der Waals surface area contributed by atoms with E-state index in [-0.39, 0.29) is 44.5 Å². The van der Waals surface area contributed by atoms with Crippen molar-refractivity contribution in [1.29, 1.82) is 0 Å². The van der Waals surface area contributed by atoms with Crippen molar-refractivity contribution in [3.8, 4) is 5.75 Å². The number of hydrogen-bond acceptors (Lipinski definition) is 5.